The number of amides is 1. The lowest BCUT2D eigenvalue weighted by atomic mass is 10.2. The van der Waals surface area contributed by atoms with Gasteiger partial charge in [0, 0.05) is 6.04 Å². The van der Waals surface area contributed by atoms with Gasteiger partial charge in [0.1, 0.15) is 18.4 Å². The summed E-state index contributed by atoms with van der Waals surface area (Å²) in [6, 6.07) is 16.6. The monoisotopic (exact) mass is 453 g/mol. The molecule has 1 N–H and O–H groups in total. The number of hydrogen-bond donors (Lipinski definition) is 1. The average Bonchev–Trinajstić information content (AvgIpc) is 3.54. The molecule has 0 radical (unpaired) electrons. The standard InChI is InChI=1S/C22H20ClN5O2S/c1-14(21(29)25-18-8-4-2-6-15(18)12-24)31-22-27-26-20(28(22)16-10-11-16)13-30-19-9-5-3-7-17(19)23/h2-9,14,16H,10-11,13H2,1H3,(H,25,29). The molecule has 4 rings (SSSR count). The van der Waals surface area contributed by atoms with E-state index in [9.17, 15) is 10.1 Å². The summed E-state index contributed by atoms with van der Waals surface area (Å²) in [6.07, 6.45) is 2.08. The molecule has 1 aromatic heterocycles. The average molecular weight is 454 g/mol. The van der Waals surface area contributed by atoms with E-state index in [1.54, 1.807) is 43.3 Å². The van der Waals surface area contributed by atoms with E-state index in [1.165, 1.54) is 11.8 Å². The Morgan fingerprint density at radius 2 is 2.03 bits per heavy atom. The Kier molecular flexibility index (Phi) is 6.44. The molecule has 1 amide bonds. The quantitative estimate of drug-likeness (QED) is 0.491. The van der Waals surface area contributed by atoms with Crippen molar-refractivity contribution >= 4 is 35.0 Å². The Labute approximate surface area is 189 Å². The van der Waals surface area contributed by atoms with Gasteiger partial charge in [0.15, 0.2) is 11.0 Å². The number of benzene rings is 2. The van der Waals surface area contributed by atoms with Gasteiger partial charge in [0.25, 0.3) is 0 Å². The van der Waals surface area contributed by atoms with E-state index >= 15 is 0 Å². The molecule has 158 valence electrons. The second-order valence-electron chi connectivity index (χ2n) is 7.13. The van der Waals surface area contributed by atoms with Gasteiger partial charge >= 0.3 is 0 Å². The van der Waals surface area contributed by atoms with Crippen LogP contribution in [0, 0.1) is 11.3 Å². The number of aromatic nitrogens is 3. The molecule has 1 aliphatic carbocycles. The summed E-state index contributed by atoms with van der Waals surface area (Å²) in [6.45, 7) is 2.05. The molecule has 7 nitrogen and oxygen atoms in total. The zero-order valence-corrected chi connectivity index (χ0v) is 18.4. The van der Waals surface area contributed by atoms with Gasteiger partial charge in [0.2, 0.25) is 5.91 Å². The fourth-order valence-corrected chi connectivity index (χ4v) is 4.15. The van der Waals surface area contributed by atoms with E-state index in [4.69, 9.17) is 16.3 Å². The number of para-hydroxylation sites is 2. The van der Waals surface area contributed by atoms with Crippen LogP contribution in [0.25, 0.3) is 0 Å². The highest BCUT2D eigenvalue weighted by molar-refractivity contribution is 8.00. The summed E-state index contributed by atoms with van der Waals surface area (Å²) >= 11 is 7.50. The molecule has 2 aromatic carbocycles. The van der Waals surface area contributed by atoms with Crippen molar-refractivity contribution in [2.24, 2.45) is 0 Å². The summed E-state index contributed by atoms with van der Waals surface area (Å²) < 4.78 is 7.89. The number of nitrogens with one attached hydrogen (secondary N) is 1. The number of rotatable bonds is 8. The van der Waals surface area contributed by atoms with Crippen molar-refractivity contribution in [3.05, 3.63) is 64.9 Å². The number of hydrogen-bond acceptors (Lipinski definition) is 6. The van der Waals surface area contributed by atoms with Gasteiger partial charge in [-0.15, -0.1) is 10.2 Å². The summed E-state index contributed by atoms with van der Waals surface area (Å²) in [5, 5.41) is 21.4. The van der Waals surface area contributed by atoms with E-state index in [2.05, 4.69) is 26.2 Å². The van der Waals surface area contributed by atoms with Crippen LogP contribution in [-0.4, -0.2) is 25.9 Å². The van der Waals surface area contributed by atoms with Crippen LogP contribution in [0.3, 0.4) is 0 Å². The van der Waals surface area contributed by atoms with Gasteiger partial charge in [-0.1, -0.05) is 47.6 Å². The van der Waals surface area contributed by atoms with Crippen LogP contribution in [-0.2, 0) is 11.4 Å². The second-order valence-corrected chi connectivity index (χ2v) is 8.84. The first-order valence-electron chi connectivity index (χ1n) is 9.84. The predicted octanol–water partition coefficient (Wildman–Crippen LogP) is 4.84. The van der Waals surface area contributed by atoms with Crippen LogP contribution >= 0.6 is 23.4 Å². The first kappa shape index (κ1) is 21.2. The maximum atomic E-state index is 12.7. The van der Waals surface area contributed by atoms with Crippen molar-refractivity contribution in [1.29, 1.82) is 5.26 Å². The lowest BCUT2D eigenvalue weighted by molar-refractivity contribution is -0.115. The zero-order chi connectivity index (χ0) is 21.8. The van der Waals surface area contributed by atoms with Crippen LogP contribution in [0.2, 0.25) is 5.02 Å². The largest absolute Gasteiger partial charge is 0.484 e. The molecule has 1 fully saturated rings. The fourth-order valence-electron chi connectivity index (χ4n) is 3.03. The molecular weight excluding hydrogens is 434 g/mol. The highest BCUT2D eigenvalue weighted by Crippen LogP contribution is 2.40. The molecule has 1 heterocycles. The number of carbonyl (C=O) groups excluding carboxylic acids is 1. The van der Waals surface area contributed by atoms with Crippen LogP contribution in [0.5, 0.6) is 5.75 Å². The van der Waals surface area contributed by atoms with Crippen molar-refractivity contribution in [3.63, 3.8) is 0 Å². The maximum absolute atomic E-state index is 12.7. The summed E-state index contributed by atoms with van der Waals surface area (Å²) in [7, 11) is 0. The molecule has 9 heteroatoms. The zero-order valence-electron chi connectivity index (χ0n) is 16.8. The summed E-state index contributed by atoms with van der Waals surface area (Å²) in [5.41, 5.74) is 0.924. The number of nitrogens with zero attached hydrogens (tertiary/aromatic N) is 4. The molecule has 31 heavy (non-hydrogen) atoms. The Morgan fingerprint density at radius 1 is 1.29 bits per heavy atom. The van der Waals surface area contributed by atoms with Crippen LogP contribution in [0.1, 0.15) is 37.2 Å². The number of ether oxygens (including phenoxy) is 1. The Bertz CT molecular complexity index is 1140. The molecule has 1 aliphatic rings. The SMILES string of the molecule is CC(Sc1nnc(COc2ccccc2Cl)n1C1CC1)C(=O)Nc1ccccc1C#N. The maximum Gasteiger partial charge on any atom is 0.237 e. The van der Waals surface area contributed by atoms with Crippen molar-refractivity contribution in [2.45, 2.75) is 42.8 Å². The van der Waals surface area contributed by atoms with E-state index in [0.29, 0.717) is 39.0 Å². The van der Waals surface area contributed by atoms with E-state index < -0.39 is 5.25 Å². The van der Waals surface area contributed by atoms with E-state index in [1.807, 2.05) is 12.1 Å². The molecule has 0 aliphatic heterocycles. The van der Waals surface area contributed by atoms with Gasteiger partial charge in [-0.05, 0) is 44.0 Å². The third kappa shape index (κ3) is 5.01. The number of nitriles is 1. The Hall–Kier alpha value is -3.02. The first-order valence-corrected chi connectivity index (χ1v) is 11.1. The van der Waals surface area contributed by atoms with Gasteiger partial charge in [0.05, 0.1) is 21.5 Å². The van der Waals surface area contributed by atoms with Gasteiger partial charge in [-0.25, -0.2) is 0 Å². The first-order chi connectivity index (χ1) is 15.1. The molecular formula is C22H20ClN5O2S. The predicted molar refractivity (Wildman–Crippen MR) is 119 cm³/mol. The molecule has 3 aromatic rings. The lowest BCUT2D eigenvalue weighted by Crippen LogP contribution is -2.23. The van der Waals surface area contributed by atoms with Crippen LogP contribution < -0.4 is 10.1 Å². The van der Waals surface area contributed by atoms with Crippen molar-refractivity contribution < 1.29 is 9.53 Å². The number of halogens is 1. The minimum absolute atomic E-state index is 0.202. The molecule has 0 saturated heterocycles. The van der Waals surface area contributed by atoms with Gasteiger partial charge in [-0.3, -0.25) is 9.36 Å². The third-order valence-electron chi connectivity index (χ3n) is 4.80. The fraction of sp³-hybridized carbons (Fsp3) is 0.273. The van der Waals surface area contributed by atoms with Crippen molar-refractivity contribution in [3.8, 4) is 11.8 Å². The lowest BCUT2D eigenvalue weighted by Gasteiger charge is -2.14. The third-order valence-corrected chi connectivity index (χ3v) is 6.17. The molecule has 1 atom stereocenters. The number of thioether (sulfide) groups is 1. The molecule has 0 spiro atoms. The second kappa shape index (κ2) is 9.41. The molecule has 1 unspecified atom stereocenters. The van der Waals surface area contributed by atoms with Gasteiger partial charge < -0.3 is 10.1 Å². The number of carbonyl (C=O) groups is 1. The highest BCUT2D eigenvalue weighted by Gasteiger charge is 2.31. The Balaban J connectivity index is 1.45. The summed E-state index contributed by atoms with van der Waals surface area (Å²) in [4.78, 5) is 12.7. The van der Waals surface area contributed by atoms with Crippen LogP contribution in [0.4, 0.5) is 5.69 Å². The summed E-state index contributed by atoms with van der Waals surface area (Å²) in [5.74, 6) is 1.09. The highest BCUT2D eigenvalue weighted by atomic mass is 35.5. The smallest absolute Gasteiger partial charge is 0.237 e. The topological polar surface area (TPSA) is 92.8 Å². The normalized spacial score (nSPS) is 14.0. The van der Waals surface area contributed by atoms with Gasteiger partial charge in [-0.2, -0.15) is 5.26 Å². The Morgan fingerprint density at radius 3 is 2.77 bits per heavy atom. The van der Waals surface area contributed by atoms with Crippen molar-refractivity contribution in [1.82, 2.24) is 14.8 Å². The molecule has 1 saturated carbocycles. The van der Waals surface area contributed by atoms with E-state index in [0.717, 1.165) is 12.8 Å². The van der Waals surface area contributed by atoms with Crippen molar-refractivity contribution in [2.75, 3.05) is 5.32 Å². The van der Waals surface area contributed by atoms with Crippen LogP contribution in [0.15, 0.2) is 53.7 Å². The minimum atomic E-state index is -0.425. The minimum Gasteiger partial charge on any atom is -0.484 e. The molecule has 0 bridgehead atoms. The number of anilines is 1. The van der Waals surface area contributed by atoms with E-state index in [-0.39, 0.29) is 12.5 Å².